The highest BCUT2D eigenvalue weighted by Crippen LogP contribution is 2.21. The first-order valence-corrected chi connectivity index (χ1v) is 9.26. The molecule has 0 unspecified atom stereocenters. The summed E-state index contributed by atoms with van der Waals surface area (Å²) >= 11 is 0. The Morgan fingerprint density at radius 2 is 1.85 bits per heavy atom. The summed E-state index contributed by atoms with van der Waals surface area (Å²) in [6, 6.07) is 10.8. The molecular weight excluding hydrogens is 361 g/mol. The van der Waals surface area contributed by atoms with Gasteiger partial charge in [-0.2, -0.15) is 8.42 Å². The lowest BCUT2D eigenvalue weighted by Gasteiger charge is -2.21. The van der Waals surface area contributed by atoms with E-state index in [1.807, 2.05) is 0 Å². The molecule has 0 saturated heterocycles. The normalized spacial score (nSPS) is 11.2. The summed E-state index contributed by atoms with van der Waals surface area (Å²) in [6.07, 6.45) is 0. The third-order valence-corrected chi connectivity index (χ3v) is 4.85. The molecule has 0 atom stereocenters. The fourth-order valence-electron chi connectivity index (χ4n) is 2.24. The highest BCUT2D eigenvalue weighted by atomic mass is 32.2. The van der Waals surface area contributed by atoms with Crippen LogP contribution in [0.3, 0.4) is 0 Å². The van der Waals surface area contributed by atoms with Crippen LogP contribution in [0.1, 0.15) is 12.5 Å². The average molecular weight is 381 g/mol. The molecule has 0 aromatic heterocycles. The van der Waals surface area contributed by atoms with Gasteiger partial charge in [-0.25, -0.2) is 4.39 Å². The number of methoxy groups -OCH3 is 1. The molecule has 0 spiro atoms. The van der Waals surface area contributed by atoms with Crippen molar-refractivity contribution >= 4 is 16.0 Å². The Labute approximate surface area is 152 Å². The number of halogens is 1. The summed E-state index contributed by atoms with van der Waals surface area (Å²) in [5.74, 6) is -0.541. The first kappa shape index (κ1) is 19.9. The zero-order chi connectivity index (χ0) is 19.2. The van der Waals surface area contributed by atoms with E-state index in [0.29, 0.717) is 25.3 Å². The zero-order valence-corrected chi connectivity index (χ0v) is 15.3. The molecule has 0 aliphatic carbocycles. The van der Waals surface area contributed by atoms with Gasteiger partial charge in [-0.3, -0.25) is 4.79 Å². The Hall–Kier alpha value is -2.45. The number of nitrogens with zero attached hydrogens (tertiary/aromatic N) is 1. The van der Waals surface area contributed by atoms with Crippen LogP contribution in [0.25, 0.3) is 0 Å². The minimum atomic E-state index is -4.07. The van der Waals surface area contributed by atoms with E-state index in [0.717, 1.165) is 24.3 Å². The van der Waals surface area contributed by atoms with Crippen molar-refractivity contribution in [3.63, 3.8) is 0 Å². The van der Waals surface area contributed by atoms with Gasteiger partial charge in [0.05, 0.1) is 6.61 Å². The number of rotatable bonds is 8. The molecule has 8 heteroatoms. The molecule has 0 N–H and O–H groups in total. The predicted octanol–water partition coefficient (Wildman–Crippen LogP) is 2.59. The van der Waals surface area contributed by atoms with E-state index in [-0.39, 0.29) is 16.6 Å². The van der Waals surface area contributed by atoms with Gasteiger partial charge in [0.15, 0.2) is 0 Å². The number of hydrogen-bond acceptors (Lipinski definition) is 5. The molecule has 0 saturated carbocycles. The van der Waals surface area contributed by atoms with Crippen LogP contribution in [0.5, 0.6) is 5.75 Å². The van der Waals surface area contributed by atoms with Gasteiger partial charge in [-0.05, 0) is 42.0 Å². The predicted molar refractivity (Wildman–Crippen MR) is 93.6 cm³/mol. The van der Waals surface area contributed by atoms with Gasteiger partial charge in [-0.1, -0.05) is 12.1 Å². The minimum absolute atomic E-state index is 0.113. The smallest absolute Gasteiger partial charge is 0.339 e. The van der Waals surface area contributed by atoms with E-state index in [2.05, 4.69) is 0 Å². The van der Waals surface area contributed by atoms with Crippen molar-refractivity contribution in [3.05, 3.63) is 59.9 Å². The molecule has 0 heterocycles. The monoisotopic (exact) mass is 381 g/mol. The van der Waals surface area contributed by atoms with Gasteiger partial charge >= 0.3 is 10.1 Å². The highest BCUT2D eigenvalue weighted by molar-refractivity contribution is 7.87. The summed E-state index contributed by atoms with van der Waals surface area (Å²) < 4.78 is 47.6. The Kier molecular flexibility index (Phi) is 6.70. The second-order valence-electron chi connectivity index (χ2n) is 5.57. The molecule has 0 aliphatic rings. The van der Waals surface area contributed by atoms with E-state index in [9.17, 15) is 17.6 Å². The Bertz CT molecular complexity index is 852. The molecule has 6 nitrogen and oxygen atoms in total. The number of carbonyl (C=O) groups is 1. The number of benzene rings is 2. The lowest BCUT2D eigenvalue weighted by Crippen LogP contribution is -2.31. The van der Waals surface area contributed by atoms with Gasteiger partial charge in [0.2, 0.25) is 5.91 Å². The summed E-state index contributed by atoms with van der Waals surface area (Å²) in [5.41, 5.74) is 0.711. The van der Waals surface area contributed by atoms with Gasteiger partial charge in [0.1, 0.15) is 16.5 Å². The Balaban J connectivity index is 2.15. The van der Waals surface area contributed by atoms with Crippen molar-refractivity contribution in [2.75, 3.05) is 20.3 Å². The third kappa shape index (κ3) is 5.53. The van der Waals surface area contributed by atoms with Gasteiger partial charge in [0, 0.05) is 27.1 Å². The lowest BCUT2D eigenvalue weighted by atomic mass is 10.2. The van der Waals surface area contributed by atoms with Crippen LogP contribution in [0.2, 0.25) is 0 Å². The number of hydrogen-bond donors (Lipinski definition) is 0. The standard InChI is InChI=1S/C18H20FNO5S/c1-14(21)20(10-11-24-2)13-15-4-3-5-17(12-15)25-26(22,23)18-8-6-16(19)7-9-18/h3-9,12H,10-11,13H2,1-2H3. The second-order valence-corrected chi connectivity index (χ2v) is 7.12. The fraction of sp³-hybridized carbons (Fsp3) is 0.278. The third-order valence-electron chi connectivity index (χ3n) is 3.59. The second kappa shape index (κ2) is 8.77. The summed E-state index contributed by atoms with van der Waals surface area (Å²) in [6.45, 7) is 2.57. The Morgan fingerprint density at radius 1 is 1.15 bits per heavy atom. The van der Waals surface area contributed by atoms with E-state index in [1.54, 1.807) is 30.2 Å². The molecule has 2 aromatic rings. The molecule has 2 aromatic carbocycles. The van der Waals surface area contributed by atoms with Crippen LogP contribution in [0.4, 0.5) is 4.39 Å². The summed E-state index contributed by atoms with van der Waals surface area (Å²) in [5, 5.41) is 0. The largest absolute Gasteiger partial charge is 0.383 e. The molecule has 0 aliphatic heterocycles. The first-order valence-electron chi connectivity index (χ1n) is 7.85. The van der Waals surface area contributed by atoms with E-state index in [1.165, 1.54) is 13.0 Å². The van der Waals surface area contributed by atoms with Crippen molar-refractivity contribution in [1.82, 2.24) is 4.90 Å². The lowest BCUT2D eigenvalue weighted by molar-refractivity contribution is -0.130. The van der Waals surface area contributed by atoms with Gasteiger partial charge in [0.25, 0.3) is 0 Å². The maximum Gasteiger partial charge on any atom is 0.339 e. The van der Waals surface area contributed by atoms with Crippen molar-refractivity contribution in [1.29, 1.82) is 0 Å². The average Bonchev–Trinajstić information content (AvgIpc) is 2.58. The van der Waals surface area contributed by atoms with Crippen LogP contribution in [-0.4, -0.2) is 39.5 Å². The van der Waals surface area contributed by atoms with Crippen molar-refractivity contribution in [3.8, 4) is 5.75 Å². The van der Waals surface area contributed by atoms with Gasteiger partial charge in [-0.15, -0.1) is 0 Å². The number of amides is 1. The molecular formula is C18H20FNO5S. The quantitative estimate of drug-likeness (QED) is 0.657. The number of ether oxygens (including phenoxy) is 1. The SMILES string of the molecule is COCCN(Cc1cccc(OS(=O)(=O)c2ccc(F)cc2)c1)C(C)=O. The van der Waals surface area contributed by atoms with E-state index in [4.69, 9.17) is 8.92 Å². The molecule has 0 radical (unpaired) electrons. The summed E-state index contributed by atoms with van der Waals surface area (Å²) in [7, 11) is -2.52. The zero-order valence-electron chi connectivity index (χ0n) is 14.5. The molecule has 2 rings (SSSR count). The van der Waals surface area contributed by atoms with Crippen LogP contribution >= 0.6 is 0 Å². The molecule has 1 amide bonds. The Morgan fingerprint density at radius 3 is 2.46 bits per heavy atom. The molecule has 0 fully saturated rings. The van der Waals surface area contributed by atoms with Crippen molar-refractivity contribution in [2.24, 2.45) is 0 Å². The van der Waals surface area contributed by atoms with E-state index < -0.39 is 15.9 Å². The topological polar surface area (TPSA) is 72.9 Å². The highest BCUT2D eigenvalue weighted by Gasteiger charge is 2.17. The van der Waals surface area contributed by atoms with E-state index >= 15 is 0 Å². The molecule has 0 bridgehead atoms. The van der Waals surface area contributed by atoms with Crippen LogP contribution < -0.4 is 4.18 Å². The van der Waals surface area contributed by atoms with Crippen LogP contribution in [-0.2, 0) is 26.2 Å². The minimum Gasteiger partial charge on any atom is -0.383 e. The fourth-order valence-corrected chi connectivity index (χ4v) is 3.16. The van der Waals surface area contributed by atoms with Crippen LogP contribution in [0.15, 0.2) is 53.4 Å². The van der Waals surface area contributed by atoms with Gasteiger partial charge < -0.3 is 13.8 Å². The summed E-state index contributed by atoms with van der Waals surface area (Å²) in [4.78, 5) is 13.1. The maximum atomic E-state index is 13.0. The van der Waals surface area contributed by atoms with Crippen molar-refractivity contribution in [2.45, 2.75) is 18.4 Å². The first-order chi connectivity index (χ1) is 12.3. The van der Waals surface area contributed by atoms with Crippen LogP contribution in [0, 0.1) is 5.82 Å². The molecule has 140 valence electrons. The molecule has 26 heavy (non-hydrogen) atoms. The number of carbonyl (C=O) groups excluding carboxylic acids is 1. The maximum absolute atomic E-state index is 13.0. The van der Waals surface area contributed by atoms with Crippen molar-refractivity contribution < 1.29 is 26.5 Å².